The van der Waals surface area contributed by atoms with Gasteiger partial charge in [0.1, 0.15) is 0 Å². The highest BCUT2D eigenvalue weighted by atomic mass is 32.2. The maximum Gasteiger partial charge on any atom is 0.305 e. The quantitative estimate of drug-likeness (QED) is 0.673. The van der Waals surface area contributed by atoms with Crippen LogP contribution in [0, 0.1) is 0 Å². The van der Waals surface area contributed by atoms with E-state index in [1.807, 2.05) is 0 Å². The van der Waals surface area contributed by atoms with E-state index in [-0.39, 0.29) is 19.1 Å². The molecule has 1 aliphatic heterocycles. The van der Waals surface area contributed by atoms with Crippen LogP contribution >= 0.6 is 0 Å². The molecule has 0 unspecified atom stereocenters. The van der Waals surface area contributed by atoms with E-state index in [4.69, 9.17) is 9.84 Å². The SMILES string of the molecule is CCNS(=O)(=O)N1CCC(OCCC(=O)O)CC1. The van der Waals surface area contributed by atoms with Crippen LogP contribution in [0.5, 0.6) is 0 Å². The number of carboxylic acid groups (broad SMARTS) is 1. The van der Waals surface area contributed by atoms with E-state index >= 15 is 0 Å². The Morgan fingerprint density at radius 3 is 2.56 bits per heavy atom. The first-order chi connectivity index (χ1) is 8.45. The third kappa shape index (κ3) is 4.89. The third-order valence-electron chi connectivity index (χ3n) is 2.74. The van der Waals surface area contributed by atoms with Gasteiger partial charge in [0.15, 0.2) is 0 Å². The Morgan fingerprint density at radius 2 is 2.06 bits per heavy atom. The lowest BCUT2D eigenvalue weighted by Crippen LogP contribution is -2.46. The molecule has 1 heterocycles. The molecule has 2 N–H and O–H groups in total. The summed E-state index contributed by atoms with van der Waals surface area (Å²) in [5.74, 6) is -0.887. The van der Waals surface area contributed by atoms with Gasteiger partial charge in [-0.05, 0) is 12.8 Å². The van der Waals surface area contributed by atoms with Crippen LogP contribution in [0.15, 0.2) is 0 Å². The number of hydrogen-bond acceptors (Lipinski definition) is 4. The minimum atomic E-state index is -3.36. The van der Waals surface area contributed by atoms with Gasteiger partial charge in [0.2, 0.25) is 0 Å². The highest BCUT2D eigenvalue weighted by Gasteiger charge is 2.27. The number of nitrogens with one attached hydrogen (secondary N) is 1. The molecule has 0 aliphatic carbocycles. The van der Waals surface area contributed by atoms with Gasteiger partial charge in [-0.2, -0.15) is 12.7 Å². The minimum Gasteiger partial charge on any atom is -0.481 e. The Balaban J connectivity index is 2.30. The Bertz CT molecular complexity index is 362. The average Bonchev–Trinajstić information content (AvgIpc) is 2.29. The summed E-state index contributed by atoms with van der Waals surface area (Å²) in [7, 11) is -3.36. The van der Waals surface area contributed by atoms with Gasteiger partial charge in [-0.1, -0.05) is 6.92 Å². The Labute approximate surface area is 107 Å². The van der Waals surface area contributed by atoms with Crippen molar-refractivity contribution in [2.45, 2.75) is 32.3 Å². The van der Waals surface area contributed by atoms with Crippen LogP contribution in [-0.4, -0.2) is 56.1 Å². The van der Waals surface area contributed by atoms with Crippen LogP contribution < -0.4 is 4.72 Å². The van der Waals surface area contributed by atoms with E-state index in [0.29, 0.717) is 32.5 Å². The van der Waals surface area contributed by atoms with Crippen molar-refractivity contribution in [3.05, 3.63) is 0 Å². The standard InChI is InChI=1S/C10H20N2O5S/c1-2-11-18(15,16)12-6-3-9(4-7-12)17-8-5-10(13)14/h9,11H,2-8H2,1H3,(H,13,14). The fraction of sp³-hybridized carbons (Fsp3) is 0.900. The molecule has 1 fully saturated rings. The normalized spacial score (nSPS) is 18.9. The summed E-state index contributed by atoms with van der Waals surface area (Å²) >= 11 is 0. The van der Waals surface area contributed by atoms with Gasteiger partial charge in [-0.25, -0.2) is 4.72 Å². The number of nitrogens with zero attached hydrogens (tertiary/aromatic N) is 1. The summed E-state index contributed by atoms with van der Waals surface area (Å²) in [5, 5.41) is 8.47. The minimum absolute atomic E-state index is 0.0180. The molecule has 1 saturated heterocycles. The fourth-order valence-electron chi connectivity index (χ4n) is 1.83. The molecule has 106 valence electrons. The van der Waals surface area contributed by atoms with Gasteiger partial charge in [0, 0.05) is 19.6 Å². The summed E-state index contributed by atoms with van der Waals surface area (Å²) in [6.07, 6.45) is 1.14. The summed E-state index contributed by atoms with van der Waals surface area (Å²) in [4.78, 5) is 10.3. The molecule has 1 rings (SSSR count). The predicted molar refractivity (Wildman–Crippen MR) is 65.4 cm³/mol. The topological polar surface area (TPSA) is 95.9 Å². The van der Waals surface area contributed by atoms with Crippen molar-refractivity contribution in [2.24, 2.45) is 0 Å². The molecule has 7 nitrogen and oxygen atoms in total. The maximum atomic E-state index is 11.7. The van der Waals surface area contributed by atoms with Gasteiger partial charge in [0.05, 0.1) is 19.1 Å². The van der Waals surface area contributed by atoms with Gasteiger partial charge < -0.3 is 9.84 Å². The molecule has 0 radical (unpaired) electrons. The molecular weight excluding hydrogens is 260 g/mol. The Kier molecular flexibility index (Phi) is 6.00. The maximum absolute atomic E-state index is 11.7. The van der Waals surface area contributed by atoms with E-state index < -0.39 is 16.2 Å². The number of ether oxygens (including phenoxy) is 1. The second-order valence-corrected chi connectivity index (χ2v) is 5.87. The van der Waals surface area contributed by atoms with E-state index in [2.05, 4.69) is 4.72 Å². The molecule has 0 aromatic heterocycles. The lowest BCUT2D eigenvalue weighted by molar-refractivity contribution is -0.138. The predicted octanol–water partition coefficient (Wildman–Crippen LogP) is -0.204. The molecule has 1 aliphatic rings. The highest BCUT2D eigenvalue weighted by Crippen LogP contribution is 2.16. The third-order valence-corrected chi connectivity index (χ3v) is 4.44. The molecule has 8 heteroatoms. The molecular formula is C10H20N2O5S. The molecule has 0 amide bonds. The van der Waals surface area contributed by atoms with Crippen molar-refractivity contribution in [1.82, 2.24) is 9.03 Å². The van der Waals surface area contributed by atoms with Crippen molar-refractivity contribution >= 4 is 16.2 Å². The Hall–Kier alpha value is -0.700. The van der Waals surface area contributed by atoms with Gasteiger partial charge in [-0.3, -0.25) is 4.79 Å². The van der Waals surface area contributed by atoms with Crippen molar-refractivity contribution < 1.29 is 23.1 Å². The highest BCUT2D eigenvalue weighted by molar-refractivity contribution is 7.87. The van der Waals surface area contributed by atoms with Gasteiger partial charge >= 0.3 is 5.97 Å². The van der Waals surface area contributed by atoms with E-state index in [1.54, 1.807) is 6.92 Å². The molecule has 0 saturated carbocycles. The molecule has 0 aromatic rings. The first-order valence-corrected chi connectivity index (χ1v) is 7.48. The zero-order chi connectivity index (χ0) is 13.6. The smallest absolute Gasteiger partial charge is 0.305 e. The second kappa shape index (κ2) is 7.03. The number of rotatable bonds is 7. The fourth-order valence-corrected chi connectivity index (χ4v) is 3.06. The lowest BCUT2D eigenvalue weighted by atomic mass is 10.1. The first kappa shape index (κ1) is 15.4. The first-order valence-electron chi connectivity index (χ1n) is 6.04. The van der Waals surface area contributed by atoms with Crippen LogP contribution in [0.1, 0.15) is 26.2 Å². The van der Waals surface area contributed by atoms with Crippen molar-refractivity contribution in [3.63, 3.8) is 0 Å². The number of aliphatic carboxylic acids is 1. The van der Waals surface area contributed by atoms with Gasteiger partial charge in [0.25, 0.3) is 10.2 Å². The van der Waals surface area contributed by atoms with E-state index in [1.165, 1.54) is 4.31 Å². The van der Waals surface area contributed by atoms with Crippen molar-refractivity contribution in [2.75, 3.05) is 26.2 Å². The molecule has 0 aromatic carbocycles. The van der Waals surface area contributed by atoms with Crippen LogP contribution in [0.4, 0.5) is 0 Å². The number of carbonyl (C=O) groups is 1. The lowest BCUT2D eigenvalue weighted by Gasteiger charge is -2.30. The van der Waals surface area contributed by atoms with Crippen LogP contribution in [0.2, 0.25) is 0 Å². The van der Waals surface area contributed by atoms with E-state index in [0.717, 1.165) is 0 Å². The number of carboxylic acids is 1. The zero-order valence-electron chi connectivity index (χ0n) is 10.5. The molecule has 18 heavy (non-hydrogen) atoms. The average molecular weight is 280 g/mol. The van der Waals surface area contributed by atoms with Gasteiger partial charge in [-0.15, -0.1) is 0 Å². The largest absolute Gasteiger partial charge is 0.481 e. The summed E-state index contributed by atoms with van der Waals surface area (Å²) in [6.45, 7) is 3.11. The van der Waals surface area contributed by atoms with Crippen molar-refractivity contribution in [1.29, 1.82) is 0 Å². The van der Waals surface area contributed by atoms with Crippen molar-refractivity contribution in [3.8, 4) is 0 Å². The molecule has 0 bridgehead atoms. The Morgan fingerprint density at radius 1 is 1.44 bits per heavy atom. The summed E-state index contributed by atoms with van der Waals surface area (Å²) in [5.41, 5.74) is 0. The number of hydrogen-bond donors (Lipinski definition) is 2. The molecule has 0 atom stereocenters. The molecule has 0 spiro atoms. The number of piperidine rings is 1. The van der Waals surface area contributed by atoms with E-state index in [9.17, 15) is 13.2 Å². The van der Waals surface area contributed by atoms with Crippen LogP contribution in [0.25, 0.3) is 0 Å². The zero-order valence-corrected chi connectivity index (χ0v) is 11.3. The summed E-state index contributed by atoms with van der Waals surface area (Å²) in [6, 6.07) is 0. The van der Waals surface area contributed by atoms with Crippen LogP contribution in [0.3, 0.4) is 0 Å². The monoisotopic (exact) mass is 280 g/mol. The van der Waals surface area contributed by atoms with Crippen LogP contribution in [-0.2, 0) is 19.7 Å². The summed E-state index contributed by atoms with van der Waals surface area (Å²) < 4.78 is 32.6. The second-order valence-electron chi connectivity index (χ2n) is 4.12.